The maximum atomic E-state index is 14.0. The molecule has 0 bridgehead atoms. The molecular formula is C24H24F4N2O2. The minimum atomic E-state index is -4.99. The molecule has 4 rings (SSSR count). The summed E-state index contributed by atoms with van der Waals surface area (Å²) in [6.45, 7) is 1.06. The Morgan fingerprint density at radius 2 is 1.72 bits per heavy atom. The van der Waals surface area contributed by atoms with E-state index >= 15 is 0 Å². The van der Waals surface area contributed by atoms with Crippen LogP contribution in [-0.2, 0) is 4.79 Å². The Kier molecular flexibility index (Phi) is 6.24. The van der Waals surface area contributed by atoms with Gasteiger partial charge in [-0.25, -0.2) is 4.39 Å². The molecule has 0 aromatic heterocycles. The van der Waals surface area contributed by atoms with Crippen molar-refractivity contribution in [3.05, 3.63) is 72.1 Å². The smallest absolute Gasteiger partial charge is 0.471 e. The predicted molar refractivity (Wildman–Crippen MR) is 112 cm³/mol. The topological polar surface area (TPSA) is 41.6 Å². The molecule has 2 aliphatic rings. The largest absolute Gasteiger partial charge is 0.490 e. The number of benzene rings is 2. The highest BCUT2D eigenvalue weighted by atomic mass is 19.4. The predicted octanol–water partition coefficient (Wildman–Crippen LogP) is 4.43. The molecule has 1 N–H and O–H groups in total. The van der Waals surface area contributed by atoms with Gasteiger partial charge in [-0.15, -0.1) is 0 Å². The van der Waals surface area contributed by atoms with Crippen LogP contribution in [0.5, 0.6) is 5.75 Å². The SMILES string of the molecule is O=C(N(CC1(COc2ccccc2F)CCNCC1)[C@@H]1C=C1c1ccccc1)C(F)(F)F. The van der Waals surface area contributed by atoms with Crippen molar-refractivity contribution in [3.8, 4) is 5.75 Å². The number of nitrogens with zero attached hydrogens (tertiary/aromatic N) is 1. The number of carbonyl (C=O) groups excluding carboxylic acids is 1. The third kappa shape index (κ3) is 4.96. The molecule has 1 aliphatic carbocycles. The maximum absolute atomic E-state index is 14.0. The molecule has 0 unspecified atom stereocenters. The molecule has 1 aliphatic heterocycles. The molecule has 4 nitrogen and oxygen atoms in total. The minimum Gasteiger partial charge on any atom is -0.490 e. The van der Waals surface area contributed by atoms with E-state index in [-0.39, 0.29) is 18.9 Å². The summed E-state index contributed by atoms with van der Waals surface area (Å²) in [5.41, 5.74) is 0.758. The molecule has 32 heavy (non-hydrogen) atoms. The second-order valence-corrected chi connectivity index (χ2v) is 8.33. The van der Waals surface area contributed by atoms with Gasteiger partial charge in [0.1, 0.15) is 0 Å². The minimum absolute atomic E-state index is 0.0185. The molecule has 2 aromatic carbocycles. The van der Waals surface area contributed by atoms with Gasteiger partial charge in [0.15, 0.2) is 11.6 Å². The van der Waals surface area contributed by atoms with Gasteiger partial charge in [0.05, 0.1) is 12.6 Å². The standard InChI is InChI=1S/C24H24F4N2O2/c25-19-8-4-5-9-21(19)32-16-23(10-12-29-13-11-23)15-30(22(31)24(26,27)28)20-14-18(20)17-6-2-1-3-7-17/h1-9,14,20,29H,10-13,15-16H2/t20-/m1/s1. The Bertz CT molecular complexity index is 985. The van der Waals surface area contributed by atoms with E-state index in [4.69, 9.17) is 4.74 Å². The second-order valence-electron chi connectivity index (χ2n) is 8.33. The fourth-order valence-electron chi connectivity index (χ4n) is 4.20. The molecule has 1 atom stereocenters. The Morgan fingerprint density at radius 3 is 2.38 bits per heavy atom. The number of halogens is 4. The van der Waals surface area contributed by atoms with Crippen LogP contribution in [0.4, 0.5) is 17.6 Å². The third-order valence-electron chi connectivity index (χ3n) is 6.03. The van der Waals surface area contributed by atoms with Crippen molar-refractivity contribution in [2.24, 2.45) is 5.41 Å². The van der Waals surface area contributed by atoms with Gasteiger partial charge in [-0.3, -0.25) is 4.79 Å². The molecule has 0 radical (unpaired) electrons. The number of piperidine rings is 1. The fourth-order valence-corrected chi connectivity index (χ4v) is 4.20. The Labute approximate surface area is 183 Å². The quantitative estimate of drug-likeness (QED) is 0.638. The zero-order chi connectivity index (χ0) is 22.8. The van der Waals surface area contributed by atoms with Crippen LogP contribution in [0.1, 0.15) is 18.4 Å². The first-order chi connectivity index (χ1) is 15.3. The van der Waals surface area contributed by atoms with Gasteiger partial charge in [-0.05, 0) is 49.2 Å². The number of nitrogens with one attached hydrogen (secondary N) is 1. The van der Waals surface area contributed by atoms with Gasteiger partial charge in [0, 0.05) is 12.0 Å². The summed E-state index contributed by atoms with van der Waals surface area (Å²) < 4.78 is 60.2. The first kappa shape index (κ1) is 22.3. The van der Waals surface area contributed by atoms with E-state index < -0.39 is 29.4 Å². The van der Waals surface area contributed by atoms with Crippen LogP contribution >= 0.6 is 0 Å². The summed E-state index contributed by atoms with van der Waals surface area (Å²) in [5.74, 6) is -2.35. The third-order valence-corrected chi connectivity index (χ3v) is 6.03. The van der Waals surface area contributed by atoms with Gasteiger partial charge in [0.2, 0.25) is 0 Å². The number of para-hydroxylation sites is 1. The molecule has 1 heterocycles. The van der Waals surface area contributed by atoms with Crippen molar-refractivity contribution in [1.82, 2.24) is 10.2 Å². The van der Waals surface area contributed by atoms with E-state index in [2.05, 4.69) is 5.32 Å². The van der Waals surface area contributed by atoms with Crippen LogP contribution in [0.3, 0.4) is 0 Å². The highest BCUT2D eigenvalue weighted by molar-refractivity contribution is 5.91. The van der Waals surface area contributed by atoms with Crippen LogP contribution in [0.25, 0.3) is 5.57 Å². The lowest BCUT2D eigenvalue weighted by Crippen LogP contribution is -2.53. The Balaban J connectivity index is 1.56. The zero-order valence-electron chi connectivity index (χ0n) is 17.4. The van der Waals surface area contributed by atoms with E-state index in [1.54, 1.807) is 24.3 Å². The van der Waals surface area contributed by atoms with Gasteiger partial charge < -0.3 is 15.0 Å². The average Bonchev–Trinajstić information content (AvgIpc) is 3.58. The number of hydrogen-bond acceptors (Lipinski definition) is 3. The highest BCUT2D eigenvalue weighted by Crippen LogP contribution is 2.41. The number of rotatable bonds is 7. The van der Waals surface area contributed by atoms with E-state index in [1.807, 2.05) is 18.2 Å². The first-order valence-corrected chi connectivity index (χ1v) is 10.5. The lowest BCUT2D eigenvalue weighted by molar-refractivity contribution is -0.187. The summed E-state index contributed by atoms with van der Waals surface area (Å²) in [4.78, 5) is 13.3. The van der Waals surface area contributed by atoms with Gasteiger partial charge in [-0.2, -0.15) is 13.2 Å². The lowest BCUT2D eigenvalue weighted by Gasteiger charge is -2.41. The highest BCUT2D eigenvalue weighted by Gasteiger charge is 2.50. The number of alkyl halides is 3. The summed E-state index contributed by atoms with van der Waals surface area (Å²) in [6.07, 6.45) is -2.29. The monoisotopic (exact) mass is 448 g/mol. The molecule has 8 heteroatoms. The van der Waals surface area contributed by atoms with E-state index in [0.29, 0.717) is 31.5 Å². The van der Waals surface area contributed by atoms with E-state index in [9.17, 15) is 22.4 Å². The van der Waals surface area contributed by atoms with Gasteiger partial charge in [-0.1, -0.05) is 48.5 Å². The summed E-state index contributed by atoms with van der Waals surface area (Å²) in [7, 11) is 0. The molecular weight excluding hydrogens is 424 g/mol. The van der Waals surface area contributed by atoms with Crippen LogP contribution in [0.15, 0.2) is 60.7 Å². The summed E-state index contributed by atoms with van der Waals surface area (Å²) >= 11 is 0. The second kappa shape index (κ2) is 8.94. The molecule has 1 fully saturated rings. The van der Waals surface area contributed by atoms with Crippen molar-refractivity contribution in [2.45, 2.75) is 25.1 Å². The van der Waals surface area contributed by atoms with Crippen molar-refractivity contribution in [2.75, 3.05) is 26.2 Å². The van der Waals surface area contributed by atoms with Crippen LogP contribution in [-0.4, -0.2) is 49.3 Å². The van der Waals surface area contributed by atoms with Crippen LogP contribution < -0.4 is 10.1 Å². The molecule has 0 spiro atoms. The lowest BCUT2D eigenvalue weighted by atomic mass is 9.79. The summed E-state index contributed by atoms with van der Waals surface area (Å²) in [5, 5.41) is 3.19. The Morgan fingerprint density at radius 1 is 1.06 bits per heavy atom. The van der Waals surface area contributed by atoms with E-state index in [0.717, 1.165) is 10.5 Å². The van der Waals surface area contributed by atoms with Crippen molar-refractivity contribution in [1.29, 1.82) is 0 Å². The molecule has 170 valence electrons. The maximum Gasteiger partial charge on any atom is 0.471 e. The first-order valence-electron chi connectivity index (χ1n) is 10.5. The Hall–Kier alpha value is -2.87. The number of ether oxygens (including phenoxy) is 1. The normalized spacial score (nSPS) is 19.8. The zero-order valence-corrected chi connectivity index (χ0v) is 17.4. The summed E-state index contributed by atoms with van der Waals surface area (Å²) in [6, 6.07) is 14.3. The van der Waals surface area contributed by atoms with Crippen molar-refractivity contribution >= 4 is 11.5 Å². The van der Waals surface area contributed by atoms with Gasteiger partial charge in [0.25, 0.3) is 0 Å². The van der Waals surface area contributed by atoms with Gasteiger partial charge >= 0.3 is 12.1 Å². The van der Waals surface area contributed by atoms with Crippen LogP contribution in [0.2, 0.25) is 0 Å². The van der Waals surface area contributed by atoms with Crippen LogP contribution in [0, 0.1) is 11.2 Å². The molecule has 2 aromatic rings. The van der Waals surface area contributed by atoms with Crippen molar-refractivity contribution in [3.63, 3.8) is 0 Å². The fraction of sp³-hybridized carbons (Fsp3) is 0.375. The number of hydrogen-bond donors (Lipinski definition) is 1. The number of carbonyl (C=O) groups is 1. The van der Waals surface area contributed by atoms with E-state index in [1.165, 1.54) is 18.2 Å². The van der Waals surface area contributed by atoms with Crippen molar-refractivity contribution < 1.29 is 27.1 Å². The average molecular weight is 448 g/mol. The molecule has 1 amide bonds. The number of amides is 1. The molecule has 1 saturated heterocycles. The molecule has 0 saturated carbocycles.